The third-order valence-corrected chi connectivity index (χ3v) is 6.05. The van der Waals surface area contributed by atoms with Crippen molar-refractivity contribution in [3.63, 3.8) is 0 Å². The first-order chi connectivity index (χ1) is 12.9. The Kier molecular flexibility index (Phi) is 6.37. The van der Waals surface area contributed by atoms with Gasteiger partial charge in [-0.25, -0.2) is 4.39 Å². The number of piperidine rings is 1. The predicted molar refractivity (Wildman–Crippen MR) is 104 cm³/mol. The summed E-state index contributed by atoms with van der Waals surface area (Å²) in [5.74, 6) is -1.16. The van der Waals surface area contributed by atoms with Gasteiger partial charge in [0, 0.05) is 43.8 Å². The molecule has 0 radical (unpaired) electrons. The molecule has 2 fully saturated rings. The summed E-state index contributed by atoms with van der Waals surface area (Å²) in [7, 11) is 0. The van der Waals surface area contributed by atoms with Crippen LogP contribution >= 0.6 is 11.6 Å². The number of hydrogen-bond donors (Lipinski definition) is 1. The monoisotopic (exact) mass is 395 g/mol. The van der Waals surface area contributed by atoms with Crippen LogP contribution < -0.4 is 10.2 Å². The van der Waals surface area contributed by atoms with Crippen LogP contribution in [0.2, 0.25) is 5.02 Å². The van der Waals surface area contributed by atoms with Crippen molar-refractivity contribution < 1.29 is 14.0 Å². The van der Waals surface area contributed by atoms with Gasteiger partial charge < -0.3 is 10.2 Å². The Morgan fingerprint density at radius 1 is 1.30 bits per heavy atom. The lowest BCUT2D eigenvalue weighted by molar-refractivity contribution is -0.126. The van der Waals surface area contributed by atoms with Crippen molar-refractivity contribution in [2.24, 2.45) is 5.92 Å². The number of nitrogens with one attached hydrogen (secondary N) is 1. The second-order valence-electron chi connectivity index (χ2n) is 7.66. The van der Waals surface area contributed by atoms with Crippen LogP contribution in [-0.4, -0.2) is 48.4 Å². The van der Waals surface area contributed by atoms with Crippen LogP contribution in [0.25, 0.3) is 0 Å². The fraction of sp³-hybridized carbons (Fsp3) is 0.600. The molecule has 0 spiro atoms. The van der Waals surface area contributed by atoms with E-state index in [9.17, 15) is 14.0 Å². The van der Waals surface area contributed by atoms with Gasteiger partial charge in [-0.3, -0.25) is 14.5 Å². The fourth-order valence-electron chi connectivity index (χ4n) is 4.15. The molecule has 0 bridgehead atoms. The van der Waals surface area contributed by atoms with Crippen molar-refractivity contribution >= 4 is 29.1 Å². The van der Waals surface area contributed by atoms with Crippen molar-refractivity contribution in [3.8, 4) is 0 Å². The minimum atomic E-state index is -0.525. The molecule has 1 aromatic rings. The minimum absolute atomic E-state index is 0.0297. The smallest absolute Gasteiger partial charge is 0.227 e. The summed E-state index contributed by atoms with van der Waals surface area (Å²) in [6.45, 7) is 6.17. The zero-order valence-electron chi connectivity index (χ0n) is 15.9. The molecule has 27 heavy (non-hydrogen) atoms. The van der Waals surface area contributed by atoms with Gasteiger partial charge in [-0.2, -0.15) is 0 Å². The van der Waals surface area contributed by atoms with Gasteiger partial charge in [0.05, 0.1) is 10.9 Å². The Hall–Kier alpha value is -1.66. The average Bonchev–Trinajstić information content (AvgIpc) is 3.01. The van der Waals surface area contributed by atoms with Crippen molar-refractivity contribution in [2.75, 3.05) is 24.5 Å². The lowest BCUT2D eigenvalue weighted by Gasteiger charge is -2.39. The van der Waals surface area contributed by atoms with Crippen molar-refractivity contribution in [1.29, 1.82) is 0 Å². The number of rotatable bonds is 5. The first kappa shape index (κ1) is 20.1. The maximum absolute atomic E-state index is 13.3. The van der Waals surface area contributed by atoms with E-state index in [0.717, 1.165) is 6.54 Å². The summed E-state index contributed by atoms with van der Waals surface area (Å²) >= 11 is 5.81. The van der Waals surface area contributed by atoms with E-state index >= 15 is 0 Å². The molecule has 148 valence electrons. The zero-order valence-corrected chi connectivity index (χ0v) is 16.6. The molecule has 2 aliphatic heterocycles. The molecule has 3 rings (SSSR count). The van der Waals surface area contributed by atoms with Crippen LogP contribution in [-0.2, 0) is 9.59 Å². The number of carbonyl (C=O) groups is 2. The van der Waals surface area contributed by atoms with E-state index in [2.05, 4.69) is 24.1 Å². The molecule has 0 aromatic heterocycles. The predicted octanol–water partition coefficient (Wildman–Crippen LogP) is 3.21. The molecule has 5 nitrogen and oxygen atoms in total. The fourth-order valence-corrected chi connectivity index (χ4v) is 4.33. The Bertz CT molecular complexity index is 704. The SMILES string of the molecule is C[C@@H]1CCC[C@@H](C)N1CCNC(=O)[C@@H]1CC(=O)N(c2ccc(F)c(Cl)c2)C1. The summed E-state index contributed by atoms with van der Waals surface area (Å²) in [5.41, 5.74) is 0.526. The Morgan fingerprint density at radius 3 is 2.67 bits per heavy atom. The number of carbonyl (C=O) groups excluding carboxylic acids is 2. The quantitative estimate of drug-likeness (QED) is 0.832. The number of anilines is 1. The van der Waals surface area contributed by atoms with E-state index in [0.29, 0.717) is 30.9 Å². The van der Waals surface area contributed by atoms with E-state index in [1.807, 2.05) is 0 Å². The molecule has 2 amide bonds. The van der Waals surface area contributed by atoms with E-state index in [4.69, 9.17) is 11.6 Å². The summed E-state index contributed by atoms with van der Waals surface area (Å²) < 4.78 is 13.3. The van der Waals surface area contributed by atoms with Gasteiger partial charge in [0.2, 0.25) is 11.8 Å². The lowest BCUT2D eigenvalue weighted by atomic mass is 9.98. The molecule has 0 saturated carbocycles. The minimum Gasteiger partial charge on any atom is -0.355 e. The Balaban J connectivity index is 1.52. The van der Waals surface area contributed by atoms with Crippen molar-refractivity contribution in [1.82, 2.24) is 10.2 Å². The molecule has 3 atom stereocenters. The van der Waals surface area contributed by atoms with Gasteiger partial charge in [-0.1, -0.05) is 18.0 Å². The largest absolute Gasteiger partial charge is 0.355 e. The number of hydrogen-bond acceptors (Lipinski definition) is 3. The van der Waals surface area contributed by atoms with Gasteiger partial charge in [-0.15, -0.1) is 0 Å². The molecule has 1 aromatic carbocycles. The highest BCUT2D eigenvalue weighted by molar-refractivity contribution is 6.31. The first-order valence-electron chi connectivity index (χ1n) is 9.65. The number of amides is 2. The van der Waals surface area contributed by atoms with Crippen LogP contribution in [0.5, 0.6) is 0 Å². The highest BCUT2D eigenvalue weighted by atomic mass is 35.5. The van der Waals surface area contributed by atoms with Crippen molar-refractivity contribution in [2.45, 2.75) is 51.6 Å². The molecular formula is C20H27ClFN3O2. The molecule has 0 unspecified atom stereocenters. The van der Waals surface area contributed by atoms with Gasteiger partial charge >= 0.3 is 0 Å². The van der Waals surface area contributed by atoms with Gasteiger partial charge in [-0.05, 0) is 44.9 Å². The van der Waals surface area contributed by atoms with Gasteiger partial charge in [0.25, 0.3) is 0 Å². The highest BCUT2D eigenvalue weighted by Crippen LogP contribution is 2.28. The summed E-state index contributed by atoms with van der Waals surface area (Å²) in [6.07, 6.45) is 3.82. The molecule has 2 heterocycles. The standard InChI is InChI=1S/C20H27ClFN3O2/c1-13-4-3-5-14(2)24(13)9-8-23-20(27)15-10-19(26)25(12-15)16-6-7-18(22)17(21)11-16/h6-7,11,13-15H,3-5,8-10,12H2,1-2H3,(H,23,27)/t13-,14-,15-/m1/s1. The summed E-state index contributed by atoms with van der Waals surface area (Å²) in [4.78, 5) is 28.7. The zero-order chi connectivity index (χ0) is 19.6. The second-order valence-corrected chi connectivity index (χ2v) is 8.07. The van der Waals surface area contributed by atoms with E-state index < -0.39 is 11.7 Å². The summed E-state index contributed by atoms with van der Waals surface area (Å²) in [6, 6.07) is 5.25. The Labute approximate surface area is 164 Å². The van der Waals surface area contributed by atoms with Crippen LogP contribution in [0, 0.1) is 11.7 Å². The van der Waals surface area contributed by atoms with Crippen LogP contribution in [0.3, 0.4) is 0 Å². The molecule has 1 N–H and O–H groups in total. The van der Waals surface area contributed by atoms with E-state index in [-0.39, 0.29) is 23.3 Å². The third kappa shape index (κ3) is 4.61. The Morgan fingerprint density at radius 2 is 2.00 bits per heavy atom. The number of likely N-dealkylation sites (tertiary alicyclic amines) is 1. The first-order valence-corrected chi connectivity index (χ1v) is 10.0. The second kappa shape index (κ2) is 8.57. The average molecular weight is 396 g/mol. The van der Waals surface area contributed by atoms with Crippen LogP contribution in [0.15, 0.2) is 18.2 Å². The topological polar surface area (TPSA) is 52.7 Å². The van der Waals surface area contributed by atoms with Crippen LogP contribution in [0.4, 0.5) is 10.1 Å². The number of nitrogens with zero attached hydrogens (tertiary/aromatic N) is 2. The highest BCUT2D eigenvalue weighted by Gasteiger charge is 2.35. The molecule has 0 aliphatic carbocycles. The lowest BCUT2D eigenvalue weighted by Crippen LogP contribution is -2.47. The van der Waals surface area contributed by atoms with Crippen LogP contribution in [0.1, 0.15) is 39.5 Å². The van der Waals surface area contributed by atoms with Crippen molar-refractivity contribution in [3.05, 3.63) is 29.0 Å². The van der Waals surface area contributed by atoms with E-state index in [1.54, 1.807) is 0 Å². The third-order valence-electron chi connectivity index (χ3n) is 5.76. The maximum Gasteiger partial charge on any atom is 0.227 e. The molecule has 2 aliphatic rings. The molecular weight excluding hydrogens is 369 g/mol. The summed E-state index contributed by atoms with van der Waals surface area (Å²) in [5, 5.41) is 2.95. The number of halogens is 2. The normalized spacial score (nSPS) is 26.4. The van der Waals surface area contributed by atoms with E-state index in [1.165, 1.54) is 42.4 Å². The molecule has 2 saturated heterocycles. The molecule has 7 heteroatoms. The number of benzene rings is 1. The maximum atomic E-state index is 13.3. The van der Waals surface area contributed by atoms with Gasteiger partial charge in [0.1, 0.15) is 5.82 Å². The van der Waals surface area contributed by atoms with Gasteiger partial charge in [0.15, 0.2) is 0 Å².